The fourth-order valence-corrected chi connectivity index (χ4v) is 1.54. The standard InChI is InChI=1S/C14H26O2/c1-13(2)11-9-7-5-6-8-10-12-14(15-3)16-4/h9,11,14H,1,5-8,10,12H2,2-4H3/b11-9+. The molecule has 0 unspecified atom stereocenters. The molecule has 0 radical (unpaired) electrons. The van der Waals surface area contributed by atoms with Gasteiger partial charge in [-0.05, 0) is 32.6 Å². The van der Waals surface area contributed by atoms with Crippen LogP contribution in [0.15, 0.2) is 24.3 Å². The van der Waals surface area contributed by atoms with E-state index in [0.29, 0.717) is 0 Å². The summed E-state index contributed by atoms with van der Waals surface area (Å²) >= 11 is 0. The van der Waals surface area contributed by atoms with Crippen LogP contribution < -0.4 is 0 Å². The summed E-state index contributed by atoms with van der Waals surface area (Å²) in [6.45, 7) is 5.85. The van der Waals surface area contributed by atoms with Gasteiger partial charge in [0.15, 0.2) is 6.29 Å². The molecule has 0 heterocycles. The Bertz CT molecular complexity index is 193. The minimum absolute atomic E-state index is 0.0247. The summed E-state index contributed by atoms with van der Waals surface area (Å²) in [5, 5.41) is 0. The van der Waals surface area contributed by atoms with Gasteiger partial charge in [-0.2, -0.15) is 0 Å². The van der Waals surface area contributed by atoms with Crippen molar-refractivity contribution in [3.63, 3.8) is 0 Å². The average Bonchev–Trinajstić information content (AvgIpc) is 2.27. The average molecular weight is 226 g/mol. The molecule has 0 bridgehead atoms. The number of rotatable bonds is 10. The second-order valence-corrected chi connectivity index (χ2v) is 4.14. The molecule has 16 heavy (non-hydrogen) atoms. The highest BCUT2D eigenvalue weighted by atomic mass is 16.7. The maximum Gasteiger partial charge on any atom is 0.156 e. The van der Waals surface area contributed by atoms with E-state index < -0.39 is 0 Å². The third-order valence-electron chi connectivity index (χ3n) is 2.49. The SMILES string of the molecule is C=C(C)/C=C/CCCCCCC(OC)OC. The molecule has 0 spiro atoms. The lowest BCUT2D eigenvalue weighted by molar-refractivity contribution is -0.107. The molecule has 0 fully saturated rings. The van der Waals surface area contributed by atoms with Crippen molar-refractivity contribution in [2.24, 2.45) is 0 Å². The Morgan fingerprint density at radius 3 is 2.31 bits per heavy atom. The molecule has 0 aromatic rings. The van der Waals surface area contributed by atoms with Gasteiger partial charge in [0.1, 0.15) is 0 Å². The topological polar surface area (TPSA) is 18.5 Å². The Kier molecular flexibility index (Phi) is 10.5. The van der Waals surface area contributed by atoms with Crippen LogP contribution >= 0.6 is 0 Å². The quantitative estimate of drug-likeness (QED) is 0.317. The molecular formula is C14H26O2. The van der Waals surface area contributed by atoms with E-state index >= 15 is 0 Å². The van der Waals surface area contributed by atoms with Crippen molar-refractivity contribution in [2.75, 3.05) is 14.2 Å². The van der Waals surface area contributed by atoms with Gasteiger partial charge in [0.05, 0.1) is 0 Å². The Morgan fingerprint density at radius 1 is 1.12 bits per heavy atom. The molecule has 0 saturated heterocycles. The Hall–Kier alpha value is -0.600. The van der Waals surface area contributed by atoms with Crippen molar-refractivity contribution < 1.29 is 9.47 Å². The molecule has 0 rings (SSSR count). The van der Waals surface area contributed by atoms with Gasteiger partial charge in [-0.15, -0.1) is 0 Å². The first-order valence-corrected chi connectivity index (χ1v) is 6.08. The highest BCUT2D eigenvalue weighted by molar-refractivity contribution is 5.10. The molecule has 0 N–H and O–H groups in total. The van der Waals surface area contributed by atoms with Crippen LogP contribution in [0.4, 0.5) is 0 Å². The van der Waals surface area contributed by atoms with Gasteiger partial charge in [0.2, 0.25) is 0 Å². The van der Waals surface area contributed by atoms with E-state index in [4.69, 9.17) is 9.47 Å². The number of unbranched alkanes of at least 4 members (excludes halogenated alkanes) is 4. The van der Waals surface area contributed by atoms with Gasteiger partial charge in [-0.3, -0.25) is 0 Å². The number of methoxy groups -OCH3 is 2. The van der Waals surface area contributed by atoms with E-state index in [9.17, 15) is 0 Å². The summed E-state index contributed by atoms with van der Waals surface area (Å²) in [6.07, 6.45) is 11.4. The predicted octanol–water partition coefficient (Wildman–Crippen LogP) is 4.08. The molecule has 0 aliphatic carbocycles. The number of hydrogen-bond acceptors (Lipinski definition) is 2. The van der Waals surface area contributed by atoms with E-state index in [0.717, 1.165) is 18.4 Å². The fraction of sp³-hybridized carbons (Fsp3) is 0.714. The maximum atomic E-state index is 5.13. The first-order chi connectivity index (χ1) is 7.70. The van der Waals surface area contributed by atoms with Crippen molar-refractivity contribution >= 4 is 0 Å². The number of allylic oxidation sites excluding steroid dienone is 3. The van der Waals surface area contributed by atoms with Gasteiger partial charge >= 0.3 is 0 Å². The molecule has 0 atom stereocenters. The van der Waals surface area contributed by atoms with Crippen molar-refractivity contribution in [1.29, 1.82) is 0 Å². The molecule has 0 aliphatic heterocycles. The van der Waals surface area contributed by atoms with Crippen LogP contribution in [-0.2, 0) is 9.47 Å². The van der Waals surface area contributed by atoms with E-state index in [1.165, 1.54) is 25.7 Å². The lowest BCUT2D eigenvalue weighted by Gasteiger charge is -2.12. The van der Waals surface area contributed by atoms with Gasteiger partial charge in [-0.25, -0.2) is 0 Å². The fourth-order valence-electron chi connectivity index (χ4n) is 1.54. The normalized spacial score (nSPS) is 11.5. The molecule has 94 valence electrons. The van der Waals surface area contributed by atoms with Crippen LogP contribution in [0.1, 0.15) is 45.4 Å². The van der Waals surface area contributed by atoms with Gasteiger partial charge in [0, 0.05) is 14.2 Å². The minimum atomic E-state index is -0.0247. The largest absolute Gasteiger partial charge is 0.356 e. The summed E-state index contributed by atoms with van der Waals surface area (Å²) in [7, 11) is 3.38. The van der Waals surface area contributed by atoms with Crippen molar-refractivity contribution in [3.05, 3.63) is 24.3 Å². The molecule has 0 amide bonds. The van der Waals surface area contributed by atoms with Crippen molar-refractivity contribution in [1.82, 2.24) is 0 Å². The van der Waals surface area contributed by atoms with Crippen LogP contribution in [0.5, 0.6) is 0 Å². The third-order valence-corrected chi connectivity index (χ3v) is 2.49. The first kappa shape index (κ1) is 15.4. The molecule has 0 aromatic heterocycles. The predicted molar refractivity (Wildman–Crippen MR) is 69.5 cm³/mol. The summed E-state index contributed by atoms with van der Waals surface area (Å²) in [5.74, 6) is 0. The van der Waals surface area contributed by atoms with Gasteiger partial charge in [-0.1, -0.05) is 37.1 Å². The zero-order valence-electron chi connectivity index (χ0n) is 11.0. The number of ether oxygens (including phenoxy) is 2. The van der Waals surface area contributed by atoms with E-state index in [-0.39, 0.29) is 6.29 Å². The monoisotopic (exact) mass is 226 g/mol. The Balaban J connectivity index is 3.24. The van der Waals surface area contributed by atoms with E-state index in [2.05, 4.69) is 18.7 Å². The summed E-state index contributed by atoms with van der Waals surface area (Å²) in [6, 6.07) is 0. The summed E-state index contributed by atoms with van der Waals surface area (Å²) in [5.41, 5.74) is 1.13. The second-order valence-electron chi connectivity index (χ2n) is 4.14. The van der Waals surface area contributed by atoms with E-state index in [1.807, 2.05) is 6.92 Å². The molecule has 0 saturated carbocycles. The number of hydrogen-bond donors (Lipinski definition) is 0. The van der Waals surface area contributed by atoms with Gasteiger partial charge < -0.3 is 9.47 Å². The molecule has 0 aromatic carbocycles. The molecular weight excluding hydrogens is 200 g/mol. The molecule has 2 heteroatoms. The Morgan fingerprint density at radius 2 is 1.75 bits per heavy atom. The van der Waals surface area contributed by atoms with Crippen LogP contribution in [-0.4, -0.2) is 20.5 Å². The zero-order valence-corrected chi connectivity index (χ0v) is 11.0. The zero-order chi connectivity index (χ0) is 12.2. The summed E-state index contributed by atoms with van der Waals surface area (Å²) in [4.78, 5) is 0. The highest BCUT2D eigenvalue weighted by Gasteiger charge is 2.03. The van der Waals surface area contributed by atoms with E-state index in [1.54, 1.807) is 14.2 Å². The van der Waals surface area contributed by atoms with Crippen LogP contribution in [0.3, 0.4) is 0 Å². The van der Waals surface area contributed by atoms with Crippen molar-refractivity contribution in [2.45, 2.75) is 51.7 Å². The molecule has 0 aliphatic rings. The minimum Gasteiger partial charge on any atom is -0.356 e. The van der Waals surface area contributed by atoms with Crippen LogP contribution in [0.25, 0.3) is 0 Å². The highest BCUT2D eigenvalue weighted by Crippen LogP contribution is 2.09. The summed E-state index contributed by atoms with van der Waals surface area (Å²) < 4.78 is 10.3. The Labute approximate surface area is 100 Å². The lowest BCUT2D eigenvalue weighted by Crippen LogP contribution is -2.12. The first-order valence-electron chi connectivity index (χ1n) is 6.08. The van der Waals surface area contributed by atoms with Crippen LogP contribution in [0.2, 0.25) is 0 Å². The second kappa shape index (κ2) is 10.9. The van der Waals surface area contributed by atoms with Crippen molar-refractivity contribution in [3.8, 4) is 0 Å². The molecule has 2 nitrogen and oxygen atoms in total. The third kappa shape index (κ3) is 9.94. The van der Waals surface area contributed by atoms with Crippen LogP contribution in [0, 0.1) is 0 Å². The maximum absolute atomic E-state index is 5.13. The smallest absolute Gasteiger partial charge is 0.156 e. The lowest BCUT2D eigenvalue weighted by atomic mass is 10.1. The van der Waals surface area contributed by atoms with Gasteiger partial charge in [0.25, 0.3) is 0 Å².